The largest absolute Gasteiger partial charge is 0.497 e. The number of methoxy groups -OCH3 is 1. The van der Waals surface area contributed by atoms with Crippen molar-refractivity contribution in [3.05, 3.63) is 35.7 Å². The second-order valence-corrected chi connectivity index (χ2v) is 5.69. The van der Waals surface area contributed by atoms with Crippen LogP contribution in [-0.2, 0) is 11.2 Å². The molecule has 0 fully saturated rings. The molecule has 0 spiro atoms. The van der Waals surface area contributed by atoms with Gasteiger partial charge in [0.25, 0.3) is 0 Å². The van der Waals surface area contributed by atoms with E-state index in [0.29, 0.717) is 18.7 Å². The average molecular weight is 322 g/mol. The summed E-state index contributed by atoms with van der Waals surface area (Å²) >= 11 is 1.60. The van der Waals surface area contributed by atoms with Gasteiger partial charge >= 0.3 is 5.97 Å². The van der Waals surface area contributed by atoms with Crippen molar-refractivity contribution in [2.45, 2.75) is 18.9 Å². The van der Waals surface area contributed by atoms with Crippen molar-refractivity contribution in [2.75, 3.05) is 19.1 Å². The van der Waals surface area contributed by atoms with Gasteiger partial charge in [-0.05, 0) is 46.6 Å². The van der Waals surface area contributed by atoms with Crippen LogP contribution in [0.4, 0.5) is 0 Å². The highest BCUT2D eigenvalue weighted by Gasteiger charge is 2.23. The van der Waals surface area contributed by atoms with E-state index in [1.54, 1.807) is 18.9 Å². The Bertz CT molecular complexity index is 615. The Labute approximate surface area is 132 Å². The summed E-state index contributed by atoms with van der Waals surface area (Å²) in [5, 5.41) is 20.8. The number of carbonyl (C=O) groups is 1. The number of ether oxygens (including phenoxy) is 1. The SMILES string of the molecule is COc1ccc(Cc2nnnn2C(CCSC)C(=O)O)cc1. The predicted molar refractivity (Wildman–Crippen MR) is 83.3 cm³/mol. The fourth-order valence-electron chi connectivity index (χ4n) is 2.08. The maximum atomic E-state index is 11.4. The molecule has 7 nitrogen and oxygen atoms in total. The number of carboxylic acids is 1. The van der Waals surface area contributed by atoms with E-state index in [0.717, 1.165) is 17.1 Å². The van der Waals surface area contributed by atoms with Crippen molar-refractivity contribution in [3.63, 3.8) is 0 Å². The lowest BCUT2D eigenvalue weighted by atomic mass is 10.1. The zero-order chi connectivity index (χ0) is 15.9. The first-order chi connectivity index (χ1) is 10.7. The Morgan fingerprint density at radius 2 is 2.14 bits per heavy atom. The van der Waals surface area contributed by atoms with Crippen LogP contribution in [0, 0.1) is 0 Å². The molecule has 22 heavy (non-hydrogen) atoms. The fourth-order valence-corrected chi connectivity index (χ4v) is 2.54. The van der Waals surface area contributed by atoms with Crippen LogP contribution in [0.5, 0.6) is 5.75 Å². The third kappa shape index (κ3) is 3.97. The summed E-state index contributed by atoms with van der Waals surface area (Å²) < 4.78 is 6.52. The third-order valence-corrected chi connectivity index (χ3v) is 3.90. The zero-order valence-electron chi connectivity index (χ0n) is 12.5. The van der Waals surface area contributed by atoms with Gasteiger partial charge in [-0.25, -0.2) is 9.48 Å². The van der Waals surface area contributed by atoms with Crippen LogP contribution in [0.1, 0.15) is 23.9 Å². The number of aromatic nitrogens is 4. The van der Waals surface area contributed by atoms with Crippen LogP contribution in [0.25, 0.3) is 0 Å². The van der Waals surface area contributed by atoms with Gasteiger partial charge in [0.2, 0.25) is 0 Å². The second-order valence-electron chi connectivity index (χ2n) is 4.70. The topological polar surface area (TPSA) is 90.1 Å². The van der Waals surface area contributed by atoms with Gasteiger partial charge in [-0.15, -0.1) is 5.10 Å². The molecule has 0 aliphatic heterocycles. The van der Waals surface area contributed by atoms with E-state index in [2.05, 4.69) is 15.5 Å². The standard InChI is InChI=1S/C14H18N4O3S/c1-21-11-5-3-10(4-6-11)9-13-15-16-17-18(13)12(14(19)20)7-8-22-2/h3-6,12H,7-9H2,1-2H3,(H,19,20). The van der Waals surface area contributed by atoms with Gasteiger partial charge in [0, 0.05) is 6.42 Å². The zero-order valence-corrected chi connectivity index (χ0v) is 13.3. The van der Waals surface area contributed by atoms with Gasteiger partial charge in [0.05, 0.1) is 7.11 Å². The normalized spacial score (nSPS) is 12.1. The molecular weight excluding hydrogens is 304 g/mol. The van der Waals surface area contributed by atoms with Gasteiger partial charge in [-0.3, -0.25) is 0 Å². The summed E-state index contributed by atoms with van der Waals surface area (Å²) in [4.78, 5) is 11.4. The highest BCUT2D eigenvalue weighted by molar-refractivity contribution is 7.98. The maximum absolute atomic E-state index is 11.4. The lowest BCUT2D eigenvalue weighted by Crippen LogP contribution is -2.23. The number of rotatable bonds is 8. The number of carboxylic acid groups (broad SMARTS) is 1. The Balaban J connectivity index is 2.18. The van der Waals surface area contributed by atoms with Gasteiger partial charge in [0.1, 0.15) is 5.75 Å². The van der Waals surface area contributed by atoms with E-state index in [-0.39, 0.29) is 0 Å². The van der Waals surface area contributed by atoms with Gasteiger partial charge in [0.15, 0.2) is 11.9 Å². The van der Waals surface area contributed by atoms with Crippen LogP contribution in [0.3, 0.4) is 0 Å². The third-order valence-electron chi connectivity index (χ3n) is 3.26. The second kappa shape index (κ2) is 7.79. The number of hydrogen-bond donors (Lipinski definition) is 1. The van der Waals surface area contributed by atoms with Crippen molar-refractivity contribution in [3.8, 4) is 5.75 Å². The average Bonchev–Trinajstić information content (AvgIpc) is 2.96. The molecule has 1 aromatic heterocycles. The molecule has 1 unspecified atom stereocenters. The molecular formula is C14H18N4O3S. The lowest BCUT2D eigenvalue weighted by Gasteiger charge is -2.13. The minimum absolute atomic E-state index is 0.472. The maximum Gasteiger partial charge on any atom is 0.328 e. The predicted octanol–water partition coefficient (Wildman–Crippen LogP) is 1.65. The van der Waals surface area contributed by atoms with E-state index in [9.17, 15) is 9.90 Å². The monoisotopic (exact) mass is 322 g/mol. The van der Waals surface area contributed by atoms with Gasteiger partial charge < -0.3 is 9.84 Å². The highest BCUT2D eigenvalue weighted by atomic mass is 32.2. The smallest absolute Gasteiger partial charge is 0.328 e. The minimum Gasteiger partial charge on any atom is -0.497 e. The van der Waals surface area contributed by atoms with Crippen LogP contribution in [-0.4, -0.2) is 50.4 Å². The summed E-state index contributed by atoms with van der Waals surface area (Å²) in [6, 6.07) is 6.79. The van der Waals surface area contributed by atoms with Crippen LogP contribution >= 0.6 is 11.8 Å². The van der Waals surface area contributed by atoms with Crippen LogP contribution < -0.4 is 4.74 Å². The molecule has 0 bridgehead atoms. The molecule has 2 rings (SSSR count). The van der Waals surface area contributed by atoms with Crippen molar-refractivity contribution in [1.29, 1.82) is 0 Å². The number of tetrazole rings is 1. The van der Waals surface area contributed by atoms with Crippen molar-refractivity contribution >= 4 is 17.7 Å². The number of benzene rings is 1. The molecule has 1 N–H and O–H groups in total. The summed E-state index contributed by atoms with van der Waals surface area (Å²) in [6.45, 7) is 0. The number of nitrogens with zero attached hydrogens (tertiary/aromatic N) is 4. The molecule has 0 radical (unpaired) electrons. The Kier molecular flexibility index (Phi) is 5.76. The van der Waals surface area contributed by atoms with E-state index < -0.39 is 12.0 Å². The van der Waals surface area contributed by atoms with Gasteiger partial charge in [-0.1, -0.05) is 12.1 Å². The first kappa shape index (κ1) is 16.3. The molecule has 8 heteroatoms. The fraction of sp³-hybridized carbons (Fsp3) is 0.429. The first-order valence-corrected chi connectivity index (χ1v) is 8.16. The van der Waals surface area contributed by atoms with Gasteiger partial charge in [-0.2, -0.15) is 11.8 Å². The minimum atomic E-state index is -0.919. The number of thioether (sulfide) groups is 1. The molecule has 1 atom stereocenters. The molecule has 1 heterocycles. The summed E-state index contributed by atoms with van der Waals surface area (Å²) in [5.41, 5.74) is 0.992. The van der Waals surface area contributed by atoms with E-state index in [1.165, 1.54) is 4.68 Å². The van der Waals surface area contributed by atoms with E-state index in [4.69, 9.17) is 4.74 Å². The van der Waals surface area contributed by atoms with Crippen LogP contribution in [0.2, 0.25) is 0 Å². The lowest BCUT2D eigenvalue weighted by molar-refractivity contribution is -0.141. The van der Waals surface area contributed by atoms with Crippen molar-refractivity contribution < 1.29 is 14.6 Å². The Morgan fingerprint density at radius 1 is 1.41 bits per heavy atom. The molecule has 0 saturated heterocycles. The summed E-state index contributed by atoms with van der Waals surface area (Å²) in [5.74, 6) is 1.13. The summed E-state index contributed by atoms with van der Waals surface area (Å²) in [6.07, 6.45) is 2.90. The number of hydrogen-bond acceptors (Lipinski definition) is 6. The summed E-state index contributed by atoms with van der Waals surface area (Å²) in [7, 11) is 1.61. The Morgan fingerprint density at radius 3 is 2.73 bits per heavy atom. The van der Waals surface area contributed by atoms with E-state index in [1.807, 2.05) is 30.5 Å². The Hall–Kier alpha value is -2.09. The molecule has 0 amide bonds. The highest BCUT2D eigenvalue weighted by Crippen LogP contribution is 2.18. The molecule has 1 aromatic carbocycles. The van der Waals surface area contributed by atoms with Crippen LogP contribution in [0.15, 0.2) is 24.3 Å². The number of aliphatic carboxylic acids is 1. The van der Waals surface area contributed by atoms with E-state index >= 15 is 0 Å². The first-order valence-electron chi connectivity index (χ1n) is 6.77. The molecule has 0 aliphatic carbocycles. The molecule has 0 aliphatic rings. The molecule has 2 aromatic rings. The van der Waals surface area contributed by atoms with Crippen molar-refractivity contribution in [2.24, 2.45) is 0 Å². The van der Waals surface area contributed by atoms with Crippen molar-refractivity contribution in [1.82, 2.24) is 20.2 Å². The molecule has 118 valence electrons. The quantitative estimate of drug-likeness (QED) is 0.790. The molecule has 0 saturated carbocycles.